The molecule has 0 aromatic rings. The fourth-order valence-electron chi connectivity index (χ4n) is 1.53. The second-order valence-electron chi connectivity index (χ2n) is 3.74. The van der Waals surface area contributed by atoms with E-state index in [1.54, 1.807) is 0 Å². The Morgan fingerprint density at radius 3 is 2.40 bits per heavy atom. The lowest BCUT2D eigenvalue weighted by atomic mass is 9.98. The van der Waals surface area contributed by atoms with Crippen LogP contribution in [0.4, 0.5) is 0 Å². The van der Waals surface area contributed by atoms with Crippen molar-refractivity contribution < 1.29 is 14.7 Å². The average molecular weight is 208 g/mol. The van der Waals surface area contributed by atoms with Gasteiger partial charge in [0.05, 0.1) is 0 Å². The molecular weight excluding hydrogens is 192 g/mol. The number of unbranched alkanes of at least 4 members (excludes halogenated alkanes) is 3. The van der Waals surface area contributed by atoms with Crippen LogP contribution in [0.15, 0.2) is 23.5 Å². The molecule has 0 saturated carbocycles. The molecule has 82 valence electrons. The van der Waals surface area contributed by atoms with Crippen molar-refractivity contribution >= 4 is 11.6 Å². The Labute approximate surface area is 89.5 Å². The third kappa shape index (κ3) is 3.35. The number of rotatable bonds is 5. The quantitative estimate of drug-likeness (QED) is 0.429. The molecule has 0 heterocycles. The van der Waals surface area contributed by atoms with E-state index in [1.165, 1.54) is 6.08 Å². The maximum atomic E-state index is 11.1. The van der Waals surface area contributed by atoms with Crippen LogP contribution in [-0.2, 0) is 9.59 Å². The molecule has 0 aromatic heterocycles. The molecule has 0 unspecified atom stereocenters. The first kappa shape index (κ1) is 11.7. The van der Waals surface area contributed by atoms with Gasteiger partial charge in [-0.1, -0.05) is 26.2 Å². The molecule has 1 rings (SSSR count). The van der Waals surface area contributed by atoms with Crippen LogP contribution in [-0.4, -0.2) is 16.7 Å². The van der Waals surface area contributed by atoms with Crippen LogP contribution in [0.1, 0.15) is 39.0 Å². The number of aliphatic hydroxyl groups excluding tert-OH is 1. The number of ketones is 2. The summed E-state index contributed by atoms with van der Waals surface area (Å²) in [5.41, 5.74) is 0.593. The van der Waals surface area contributed by atoms with Crippen molar-refractivity contribution in [3.63, 3.8) is 0 Å². The lowest BCUT2D eigenvalue weighted by Crippen LogP contribution is -2.14. The Hall–Kier alpha value is -1.38. The standard InChI is InChI=1S/C12H16O3/c1-2-3-4-5-6-9-7-11(14)12(15)8-10(9)13/h7-8,13H,2-6H2,1H3. The molecule has 0 spiro atoms. The van der Waals surface area contributed by atoms with Crippen molar-refractivity contribution in [2.24, 2.45) is 0 Å². The van der Waals surface area contributed by atoms with Crippen LogP contribution < -0.4 is 0 Å². The van der Waals surface area contributed by atoms with E-state index in [1.807, 2.05) is 0 Å². The molecule has 0 fully saturated rings. The third-order valence-electron chi connectivity index (χ3n) is 2.44. The molecule has 0 radical (unpaired) electrons. The van der Waals surface area contributed by atoms with Crippen molar-refractivity contribution in [1.82, 2.24) is 0 Å². The fraction of sp³-hybridized carbons (Fsp3) is 0.500. The first-order valence-electron chi connectivity index (χ1n) is 5.35. The lowest BCUT2D eigenvalue weighted by molar-refractivity contribution is -0.131. The maximum Gasteiger partial charge on any atom is 0.229 e. The van der Waals surface area contributed by atoms with Gasteiger partial charge in [0, 0.05) is 6.08 Å². The van der Waals surface area contributed by atoms with Gasteiger partial charge in [-0.2, -0.15) is 0 Å². The highest BCUT2D eigenvalue weighted by Crippen LogP contribution is 2.19. The van der Waals surface area contributed by atoms with Gasteiger partial charge < -0.3 is 5.11 Å². The molecule has 0 aromatic carbocycles. The average Bonchev–Trinajstić information content (AvgIpc) is 2.20. The van der Waals surface area contributed by atoms with Gasteiger partial charge >= 0.3 is 0 Å². The third-order valence-corrected chi connectivity index (χ3v) is 2.44. The van der Waals surface area contributed by atoms with Crippen LogP contribution in [0, 0.1) is 0 Å². The number of carbonyl (C=O) groups excluding carboxylic acids is 2. The molecule has 0 saturated heterocycles. The molecular formula is C12H16O3. The Morgan fingerprint density at radius 1 is 1.07 bits per heavy atom. The van der Waals surface area contributed by atoms with Crippen molar-refractivity contribution in [2.75, 3.05) is 0 Å². The van der Waals surface area contributed by atoms with Gasteiger partial charge in [-0.15, -0.1) is 0 Å². The highest BCUT2D eigenvalue weighted by molar-refractivity contribution is 6.46. The predicted molar refractivity (Wildman–Crippen MR) is 57.6 cm³/mol. The highest BCUT2D eigenvalue weighted by atomic mass is 16.3. The molecule has 15 heavy (non-hydrogen) atoms. The minimum absolute atomic E-state index is 0.0453. The van der Waals surface area contributed by atoms with Crippen molar-refractivity contribution in [3.8, 4) is 0 Å². The Bertz CT molecular complexity index is 324. The second kappa shape index (κ2) is 5.49. The number of carbonyl (C=O) groups is 2. The first-order valence-corrected chi connectivity index (χ1v) is 5.35. The summed E-state index contributed by atoms with van der Waals surface area (Å²) in [7, 11) is 0. The van der Waals surface area contributed by atoms with Crippen molar-refractivity contribution in [2.45, 2.75) is 39.0 Å². The van der Waals surface area contributed by atoms with Gasteiger partial charge in [-0.25, -0.2) is 0 Å². The smallest absolute Gasteiger partial charge is 0.229 e. The van der Waals surface area contributed by atoms with Gasteiger partial charge in [-0.3, -0.25) is 9.59 Å². The molecule has 0 aliphatic heterocycles. The van der Waals surface area contributed by atoms with E-state index < -0.39 is 11.6 Å². The normalized spacial score (nSPS) is 16.3. The zero-order valence-corrected chi connectivity index (χ0v) is 8.95. The van der Waals surface area contributed by atoms with Crippen molar-refractivity contribution in [3.05, 3.63) is 23.5 Å². The van der Waals surface area contributed by atoms with Gasteiger partial charge in [0.1, 0.15) is 5.76 Å². The van der Waals surface area contributed by atoms with E-state index in [0.717, 1.165) is 31.8 Å². The minimum atomic E-state index is -0.634. The number of allylic oxidation sites excluding steroid dienone is 3. The monoisotopic (exact) mass is 208 g/mol. The summed E-state index contributed by atoms with van der Waals surface area (Å²) in [5.74, 6) is -1.21. The summed E-state index contributed by atoms with van der Waals surface area (Å²) in [6.07, 6.45) is 7.27. The van der Waals surface area contributed by atoms with Crippen LogP contribution >= 0.6 is 0 Å². The van der Waals surface area contributed by atoms with Crippen LogP contribution in [0.3, 0.4) is 0 Å². The Kier molecular flexibility index (Phi) is 4.28. The molecule has 1 aliphatic carbocycles. The van der Waals surface area contributed by atoms with E-state index in [-0.39, 0.29) is 5.76 Å². The zero-order chi connectivity index (χ0) is 11.3. The summed E-state index contributed by atoms with van der Waals surface area (Å²) >= 11 is 0. The molecule has 0 bridgehead atoms. The van der Waals surface area contributed by atoms with Crippen LogP contribution in [0.5, 0.6) is 0 Å². The molecule has 3 nitrogen and oxygen atoms in total. The fourth-order valence-corrected chi connectivity index (χ4v) is 1.53. The molecule has 1 N–H and O–H groups in total. The van der Waals surface area contributed by atoms with E-state index in [0.29, 0.717) is 12.0 Å². The second-order valence-corrected chi connectivity index (χ2v) is 3.74. The van der Waals surface area contributed by atoms with Crippen LogP contribution in [0.25, 0.3) is 0 Å². The number of hydrogen-bond donors (Lipinski definition) is 1. The number of hydrogen-bond acceptors (Lipinski definition) is 3. The SMILES string of the molecule is CCCCCCC1=CC(=O)C(=O)C=C1O. The van der Waals surface area contributed by atoms with Gasteiger partial charge in [0.25, 0.3) is 0 Å². The predicted octanol–water partition coefficient (Wildman–Crippen LogP) is 2.48. The lowest BCUT2D eigenvalue weighted by Gasteiger charge is -2.09. The van der Waals surface area contributed by atoms with E-state index in [9.17, 15) is 14.7 Å². The largest absolute Gasteiger partial charge is 0.508 e. The molecule has 1 aliphatic rings. The maximum absolute atomic E-state index is 11.1. The van der Waals surface area contributed by atoms with Gasteiger partial charge in [-0.05, 0) is 24.5 Å². The topological polar surface area (TPSA) is 54.4 Å². The van der Waals surface area contributed by atoms with E-state index in [2.05, 4.69) is 6.92 Å². The molecule has 0 amide bonds. The zero-order valence-electron chi connectivity index (χ0n) is 8.95. The summed E-state index contributed by atoms with van der Waals surface area (Å²) in [6, 6.07) is 0. The van der Waals surface area contributed by atoms with E-state index in [4.69, 9.17) is 0 Å². The van der Waals surface area contributed by atoms with Crippen LogP contribution in [0.2, 0.25) is 0 Å². The summed E-state index contributed by atoms with van der Waals surface area (Å²) in [4.78, 5) is 22.0. The summed E-state index contributed by atoms with van der Waals surface area (Å²) in [6.45, 7) is 2.12. The van der Waals surface area contributed by atoms with E-state index >= 15 is 0 Å². The van der Waals surface area contributed by atoms with Gasteiger partial charge in [0.2, 0.25) is 11.6 Å². The summed E-state index contributed by atoms with van der Waals surface area (Å²) in [5, 5.41) is 9.43. The molecule has 3 heteroatoms. The van der Waals surface area contributed by atoms with Gasteiger partial charge in [0.15, 0.2) is 0 Å². The first-order chi connectivity index (χ1) is 7.15. The van der Waals surface area contributed by atoms with Crippen molar-refractivity contribution in [1.29, 1.82) is 0 Å². The minimum Gasteiger partial charge on any atom is -0.508 e. The molecule has 0 atom stereocenters. The Balaban J connectivity index is 2.48. The Morgan fingerprint density at radius 2 is 1.73 bits per heavy atom. The highest BCUT2D eigenvalue weighted by Gasteiger charge is 2.18. The number of aliphatic hydroxyl groups is 1. The summed E-state index contributed by atoms with van der Waals surface area (Å²) < 4.78 is 0.